The number of imidazole rings is 1. The van der Waals surface area contributed by atoms with Crippen LogP contribution in [0.25, 0.3) is 16.8 Å². The van der Waals surface area contributed by atoms with Crippen LogP contribution in [0.3, 0.4) is 0 Å². The molecule has 2 saturated carbocycles. The smallest absolute Gasteiger partial charge is 0.251 e. The van der Waals surface area contributed by atoms with Crippen LogP contribution in [0, 0.1) is 6.92 Å². The van der Waals surface area contributed by atoms with Crippen LogP contribution in [-0.2, 0) is 6.54 Å². The lowest BCUT2D eigenvalue weighted by atomic mass is 10.0. The van der Waals surface area contributed by atoms with E-state index in [4.69, 9.17) is 10.1 Å². The van der Waals surface area contributed by atoms with E-state index in [1.54, 1.807) is 6.20 Å². The Labute approximate surface area is 218 Å². The van der Waals surface area contributed by atoms with Gasteiger partial charge < -0.3 is 20.5 Å². The molecule has 0 radical (unpaired) electrons. The molecule has 6 rings (SSSR count). The lowest BCUT2D eigenvalue weighted by Gasteiger charge is -2.16. The summed E-state index contributed by atoms with van der Waals surface area (Å²) in [4.78, 5) is 21.7. The third-order valence-electron chi connectivity index (χ3n) is 7.33. The highest BCUT2D eigenvalue weighted by Gasteiger charge is 2.25. The summed E-state index contributed by atoms with van der Waals surface area (Å²) in [7, 11) is 0. The van der Waals surface area contributed by atoms with Gasteiger partial charge in [0.2, 0.25) is 0 Å². The maximum Gasteiger partial charge on any atom is 0.251 e. The summed E-state index contributed by atoms with van der Waals surface area (Å²) in [6, 6.07) is 8.85. The van der Waals surface area contributed by atoms with E-state index in [1.165, 1.54) is 25.7 Å². The Morgan fingerprint density at radius 2 is 2.00 bits per heavy atom. The van der Waals surface area contributed by atoms with Crippen LogP contribution in [0.1, 0.15) is 62.3 Å². The molecule has 2 fully saturated rings. The van der Waals surface area contributed by atoms with Gasteiger partial charge in [-0.15, -0.1) is 0 Å². The van der Waals surface area contributed by atoms with Crippen molar-refractivity contribution in [1.82, 2.24) is 29.5 Å². The summed E-state index contributed by atoms with van der Waals surface area (Å²) in [6.07, 6.45) is 15.5. The van der Waals surface area contributed by atoms with E-state index >= 15 is 0 Å². The van der Waals surface area contributed by atoms with Gasteiger partial charge >= 0.3 is 0 Å². The van der Waals surface area contributed by atoms with Gasteiger partial charge in [-0.25, -0.2) is 9.97 Å². The van der Waals surface area contributed by atoms with Crippen LogP contribution in [0.2, 0.25) is 0 Å². The maximum atomic E-state index is 12.6. The molecule has 4 aromatic rings. The second kappa shape index (κ2) is 10.2. The Balaban J connectivity index is 0.00000294. The molecule has 0 spiro atoms. The van der Waals surface area contributed by atoms with E-state index in [9.17, 15) is 4.79 Å². The normalized spacial score (nSPS) is 15.8. The molecule has 0 bridgehead atoms. The molecule has 3 heterocycles. The zero-order valence-electron chi connectivity index (χ0n) is 21.3. The van der Waals surface area contributed by atoms with Gasteiger partial charge in [0.05, 0.1) is 12.5 Å². The molecule has 1 aromatic carbocycles. The lowest BCUT2D eigenvalue weighted by Crippen LogP contribution is -2.26. The number of hydrogen-bond donors (Lipinski definition) is 3. The number of aryl methyl sites for hydroxylation is 2. The number of nitrogens with zero attached hydrogens (tertiary/aromatic N) is 5. The maximum absolute atomic E-state index is 12.6. The largest absolute Gasteiger partial charge is 0.370 e. The molecule has 0 saturated heterocycles. The molecule has 3 N–H and O–H groups in total. The number of fused-ring (bicyclic) bond motifs is 1. The number of hydrogen-bond acceptors (Lipinski definition) is 6. The van der Waals surface area contributed by atoms with Crippen molar-refractivity contribution < 1.29 is 6.22 Å². The first-order chi connectivity index (χ1) is 18.1. The Hall–Kier alpha value is -3.88. The van der Waals surface area contributed by atoms with Crippen molar-refractivity contribution in [2.24, 2.45) is 0 Å². The predicted molar refractivity (Wildman–Crippen MR) is 147 cm³/mol. The van der Waals surface area contributed by atoms with Gasteiger partial charge in [0, 0.05) is 56.2 Å². The molecule has 0 unspecified atom stereocenters. The number of anilines is 2. The average molecular weight is 501 g/mol. The van der Waals surface area contributed by atoms with Gasteiger partial charge in [-0.1, -0.05) is 25.0 Å². The second-order valence-corrected chi connectivity index (χ2v) is 10.3. The van der Waals surface area contributed by atoms with Crippen LogP contribution in [0.5, 0.6) is 0 Å². The molecule has 37 heavy (non-hydrogen) atoms. The van der Waals surface area contributed by atoms with Crippen LogP contribution in [-0.4, -0.2) is 48.7 Å². The van der Waals surface area contributed by atoms with Crippen LogP contribution >= 0.6 is 0 Å². The van der Waals surface area contributed by atoms with Crippen molar-refractivity contribution >= 4 is 23.2 Å². The standard InChI is InChI=1S/C28H34N8O.H2/c1-19-15-20(7-10-23(19)28(37)33-22-8-9-22)24-17-31-36-26(30-11-4-13-35-14-12-29-18-35)16-25(34-27(24)36)32-21-5-2-3-6-21;/h7,10,12,14-18,21-22,30H,2-6,8-9,11,13H2,1H3,(H,32,34)(H,33,37);1H. The molecule has 2 aliphatic carbocycles. The molecular formula is C28H36N8O. The summed E-state index contributed by atoms with van der Waals surface area (Å²) in [5.74, 6) is 1.80. The average Bonchev–Trinajstić information content (AvgIpc) is 3.28. The van der Waals surface area contributed by atoms with Gasteiger partial charge in [-0.05, 0) is 56.2 Å². The van der Waals surface area contributed by atoms with Crippen LogP contribution in [0.4, 0.5) is 11.6 Å². The number of rotatable bonds is 10. The summed E-state index contributed by atoms with van der Waals surface area (Å²) >= 11 is 0. The minimum atomic E-state index is 0. The van der Waals surface area contributed by atoms with E-state index in [2.05, 4.69) is 37.6 Å². The van der Waals surface area contributed by atoms with Gasteiger partial charge in [0.1, 0.15) is 11.6 Å². The summed E-state index contributed by atoms with van der Waals surface area (Å²) in [5.41, 5.74) is 4.44. The predicted octanol–water partition coefficient (Wildman–Crippen LogP) is 4.90. The van der Waals surface area contributed by atoms with Crippen molar-refractivity contribution in [1.29, 1.82) is 0 Å². The van der Waals surface area contributed by atoms with E-state index < -0.39 is 0 Å². The SMILES string of the molecule is Cc1cc(-c2cnn3c(NCCCn4ccnc4)cc(NC4CCCC4)nc23)ccc1C(=O)NC1CC1.[HH]. The number of amides is 1. The minimum Gasteiger partial charge on any atom is -0.370 e. The fourth-order valence-corrected chi connectivity index (χ4v) is 5.12. The lowest BCUT2D eigenvalue weighted by molar-refractivity contribution is 0.0950. The summed E-state index contributed by atoms with van der Waals surface area (Å²) in [5, 5.41) is 15.0. The molecule has 9 heteroatoms. The molecule has 194 valence electrons. The highest BCUT2D eigenvalue weighted by atomic mass is 16.1. The Kier molecular flexibility index (Phi) is 6.51. The second-order valence-electron chi connectivity index (χ2n) is 10.3. The Morgan fingerprint density at radius 1 is 1.14 bits per heavy atom. The van der Waals surface area contributed by atoms with Crippen molar-refractivity contribution in [3.05, 3.63) is 60.3 Å². The molecule has 3 aromatic heterocycles. The molecule has 0 atom stereocenters. The first kappa shape index (κ1) is 23.5. The minimum absolute atomic E-state index is 0. The molecule has 1 amide bonds. The van der Waals surface area contributed by atoms with E-state index in [0.29, 0.717) is 12.1 Å². The Bertz CT molecular complexity index is 1390. The molecule has 0 aliphatic heterocycles. The topological polar surface area (TPSA) is 101 Å². The quantitative estimate of drug-likeness (QED) is 0.268. The number of benzene rings is 1. The van der Waals surface area contributed by atoms with E-state index in [-0.39, 0.29) is 7.33 Å². The Morgan fingerprint density at radius 3 is 2.76 bits per heavy atom. The zero-order valence-corrected chi connectivity index (χ0v) is 21.3. The first-order valence-corrected chi connectivity index (χ1v) is 13.4. The highest BCUT2D eigenvalue weighted by Crippen LogP contribution is 2.30. The third-order valence-corrected chi connectivity index (χ3v) is 7.33. The van der Waals surface area contributed by atoms with Gasteiger partial charge in [-0.3, -0.25) is 4.79 Å². The van der Waals surface area contributed by atoms with Gasteiger partial charge in [0.25, 0.3) is 5.91 Å². The number of nitrogens with one attached hydrogen (secondary N) is 3. The molecule has 9 nitrogen and oxygen atoms in total. The van der Waals surface area contributed by atoms with Crippen LogP contribution < -0.4 is 16.0 Å². The number of carbonyl (C=O) groups is 1. The monoisotopic (exact) mass is 500 g/mol. The van der Waals surface area contributed by atoms with Crippen LogP contribution in [0.15, 0.2) is 49.2 Å². The third kappa shape index (κ3) is 5.30. The highest BCUT2D eigenvalue weighted by molar-refractivity contribution is 5.97. The fraction of sp³-hybridized carbons (Fsp3) is 0.429. The van der Waals surface area contributed by atoms with Crippen molar-refractivity contribution in [2.75, 3.05) is 17.2 Å². The van der Waals surface area contributed by atoms with Crippen molar-refractivity contribution in [3.8, 4) is 11.1 Å². The van der Waals surface area contributed by atoms with Gasteiger partial charge in [-0.2, -0.15) is 9.61 Å². The molecular weight excluding hydrogens is 464 g/mol. The van der Waals surface area contributed by atoms with Crippen molar-refractivity contribution in [2.45, 2.75) is 70.5 Å². The zero-order chi connectivity index (χ0) is 25.2. The van der Waals surface area contributed by atoms with Gasteiger partial charge in [0.15, 0.2) is 5.65 Å². The fourth-order valence-electron chi connectivity index (χ4n) is 5.12. The summed E-state index contributed by atoms with van der Waals surface area (Å²) < 4.78 is 3.97. The van der Waals surface area contributed by atoms with Crippen molar-refractivity contribution in [3.63, 3.8) is 0 Å². The number of carbonyl (C=O) groups excluding carboxylic acids is 1. The van der Waals surface area contributed by atoms with E-state index in [1.807, 2.05) is 42.3 Å². The number of aromatic nitrogens is 5. The molecule has 2 aliphatic rings. The first-order valence-electron chi connectivity index (χ1n) is 13.4. The summed E-state index contributed by atoms with van der Waals surface area (Å²) in [6.45, 7) is 3.70. The van der Waals surface area contributed by atoms with E-state index in [0.717, 1.165) is 71.9 Å².